The van der Waals surface area contributed by atoms with Gasteiger partial charge in [-0.3, -0.25) is 0 Å². The number of hydrogen-bond acceptors (Lipinski definition) is 4. The van der Waals surface area contributed by atoms with Crippen LogP contribution in [0.4, 0.5) is 0 Å². The average Bonchev–Trinajstić information content (AvgIpc) is 2.33. The van der Waals surface area contributed by atoms with Crippen LogP contribution in [0.2, 0.25) is 0 Å². The summed E-state index contributed by atoms with van der Waals surface area (Å²) >= 11 is 9.77. The van der Waals surface area contributed by atoms with Crippen molar-refractivity contribution in [2.45, 2.75) is 35.5 Å². The molecule has 0 spiro atoms. The third-order valence-corrected chi connectivity index (χ3v) is 6.37. The largest absolute Gasteiger partial charge is 0.240 e. The van der Waals surface area contributed by atoms with Gasteiger partial charge < -0.3 is 0 Å². The molecule has 0 aliphatic carbocycles. The second-order valence-electron chi connectivity index (χ2n) is 3.91. The number of alkyl halides is 1. The molecular weight excluding hydrogens is 260 g/mol. The first-order chi connectivity index (χ1) is 7.70. The smallest absolute Gasteiger partial charge is 0.142 e. The number of hydrogen-bond donors (Lipinski definition) is 0. The van der Waals surface area contributed by atoms with E-state index in [0.717, 1.165) is 22.5 Å². The van der Waals surface area contributed by atoms with Crippen LogP contribution >= 0.6 is 35.1 Å². The van der Waals surface area contributed by atoms with E-state index in [1.807, 2.05) is 35.8 Å². The van der Waals surface area contributed by atoms with Crippen molar-refractivity contribution in [3.63, 3.8) is 0 Å². The molecule has 1 aliphatic heterocycles. The highest BCUT2D eigenvalue weighted by atomic mass is 35.5. The van der Waals surface area contributed by atoms with Crippen molar-refractivity contribution in [3.8, 4) is 0 Å². The Bertz CT molecular complexity index is 362. The molecule has 2 heterocycles. The molecule has 5 heteroatoms. The van der Waals surface area contributed by atoms with Crippen molar-refractivity contribution in [2.24, 2.45) is 0 Å². The maximum Gasteiger partial charge on any atom is 0.142 e. The van der Waals surface area contributed by atoms with Crippen LogP contribution in [0.15, 0.2) is 12.3 Å². The molecule has 2 nitrogen and oxygen atoms in total. The lowest BCUT2D eigenvalue weighted by Crippen LogP contribution is -2.23. The van der Waals surface area contributed by atoms with Gasteiger partial charge in [-0.2, -0.15) is 11.8 Å². The Morgan fingerprint density at radius 2 is 2.25 bits per heavy atom. The van der Waals surface area contributed by atoms with Gasteiger partial charge >= 0.3 is 0 Å². The summed E-state index contributed by atoms with van der Waals surface area (Å²) in [4.78, 5) is 8.86. The molecule has 3 atom stereocenters. The zero-order valence-electron chi connectivity index (χ0n) is 9.39. The monoisotopic (exact) mass is 274 g/mol. The third-order valence-electron chi connectivity index (χ3n) is 2.71. The van der Waals surface area contributed by atoms with Crippen molar-refractivity contribution in [1.29, 1.82) is 0 Å². The molecule has 0 saturated carbocycles. The van der Waals surface area contributed by atoms with E-state index in [9.17, 15) is 0 Å². The summed E-state index contributed by atoms with van der Waals surface area (Å²) in [7, 11) is 0. The summed E-state index contributed by atoms with van der Waals surface area (Å²) in [6, 6.07) is 1.88. The zero-order chi connectivity index (χ0) is 11.5. The third kappa shape index (κ3) is 2.84. The Morgan fingerprint density at radius 1 is 1.44 bits per heavy atom. The molecule has 3 unspecified atom stereocenters. The Kier molecular flexibility index (Phi) is 4.39. The minimum atomic E-state index is 0.416. The first kappa shape index (κ1) is 12.5. The van der Waals surface area contributed by atoms with E-state index in [2.05, 4.69) is 23.8 Å². The molecule has 0 aromatic carbocycles. The quantitative estimate of drug-likeness (QED) is 0.771. The van der Waals surface area contributed by atoms with Crippen molar-refractivity contribution in [3.05, 3.63) is 23.8 Å². The van der Waals surface area contributed by atoms with E-state index in [1.54, 1.807) is 0 Å². The number of thioether (sulfide) groups is 2. The second kappa shape index (κ2) is 5.61. The van der Waals surface area contributed by atoms with Crippen LogP contribution in [0.5, 0.6) is 0 Å². The average molecular weight is 275 g/mol. The first-order valence-electron chi connectivity index (χ1n) is 5.35. The Labute approximate surface area is 110 Å². The SMILES string of the molecule is CC1SCC(c2nccc(CCl)n2)SC1C. The van der Waals surface area contributed by atoms with Gasteiger partial charge in [-0.15, -0.1) is 23.4 Å². The molecule has 88 valence electrons. The molecule has 1 aromatic heterocycles. The Balaban J connectivity index is 2.12. The van der Waals surface area contributed by atoms with Crippen molar-refractivity contribution < 1.29 is 0 Å². The standard InChI is InChI=1S/C11H15ClN2S2/c1-7-8(2)16-10(6-15-7)11-13-4-3-9(5-12)14-11/h3-4,7-8,10H,5-6H2,1-2H3. The van der Waals surface area contributed by atoms with E-state index < -0.39 is 0 Å². The van der Waals surface area contributed by atoms with Crippen molar-refractivity contribution in [2.75, 3.05) is 5.75 Å². The highest BCUT2D eigenvalue weighted by Crippen LogP contribution is 2.43. The minimum absolute atomic E-state index is 0.416. The lowest BCUT2D eigenvalue weighted by Gasteiger charge is -2.30. The highest BCUT2D eigenvalue weighted by molar-refractivity contribution is 8.07. The number of rotatable bonds is 2. The fourth-order valence-electron chi connectivity index (χ4n) is 1.56. The van der Waals surface area contributed by atoms with E-state index in [1.165, 1.54) is 0 Å². The predicted molar refractivity (Wildman–Crippen MR) is 73.3 cm³/mol. The summed E-state index contributed by atoms with van der Waals surface area (Å²) in [5.41, 5.74) is 0.920. The fraction of sp³-hybridized carbons (Fsp3) is 0.636. The molecule has 16 heavy (non-hydrogen) atoms. The topological polar surface area (TPSA) is 25.8 Å². The van der Waals surface area contributed by atoms with E-state index in [4.69, 9.17) is 11.6 Å². The summed E-state index contributed by atoms with van der Waals surface area (Å²) in [6.07, 6.45) is 1.81. The van der Waals surface area contributed by atoms with Gasteiger partial charge in [0.15, 0.2) is 0 Å². The van der Waals surface area contributed by atoms with Gasteiger partial charge in [-0.25, -0.2) is 9.97 Å². The van der Waals surface area contributed by atoms with Gasteiger partial charge in [0.05, 0.1) is 16.8 Å². The molecule has 0 radical (unpaired) electrons. The van der Waals surface area contributed by atoms with Crippen LogP contribution in [0, 0.1) is 0 Å². The minimum Gasteiger partial charge on any atom is -0.240 e. The Morgan fingerprint density at radius 3 is 2.94 bits per heavy atom. The van der Waals surface area contributed by atoms with Crippen LogP contribution in [-0.2, 0) is 5.88 Å². The van der Waals surface area contributed by atoms with E-state index >= 15 is 0 Å². The van der Waals surface area contributed by atoms with E-state index in [0.29, 0.717) is 16.4 Å². The van der Waals surface area contributed by atoms with Gasteiger partial charge in [0.1, 0.15) is 5.82 Å². The summed E-state index contributed by atoms with van der Waals surface area (Å²) < 4.78 is 0. The van der Waals surface area contributed by atoms with Gasteiger partial charge in [0.2, 0.25) is 0 Å². The molecule has 0 N–H and O–H groups in total. The van der Waals surface area contributed by atoms with Crippen LogP contribution < -0.4 is 0 Å². The molecule has 1 aliphatic rings. The van der Waals surface area contributed by atoms with E-state index in [-0.39, 0.29) is 0 Å². The lowest BCUT2D eigenvalue weighted by atomic mass is 10.3. The summed E-state index contributed by atoms with van der Waals surface area (Å²) in [5.74, 6) is 2.50. The molecule has 1 aromatic rings. The van der Waals surface area contributed by atoms with Crippen molar-refractivity contribution >= 4 is 35.1 Å². The first-order valence-corrected chi connectivity index (χ1v) is 7.88. The molecule has 2 rings (SSSR count). The van der Waals surface area contributed by atoms with Gasteiger partial charge in [0, 0.05) is 22.4 Å². The number of halogens is 1. The maximum absolute atomic E-state index is 5.79. The lowest BCUT2D eigenvalue weighted by molar-refractivity contribution is 0.850. The predicted octanol–water partition coefficient (Wildman–Crippen LogP) is 3.51. The Hall–Kier alpha value is 0.0700. The van der Waals surface area contributed by atoms with Crippen LogP contribution in [0.25, 0.3) is 0 Å². The fourth-order valence-corrected chi connectivity index (χ4v) is 4.56. The summed E-state index contributed by atoms with van der Waals surface area (Å²) in [6.45, 7) is 4.56. The van der Waals surface area contributed by atoms with Crippen LogP contribution in [-0.4, -0.2) is 26.2 Å². The van der Waals surface area contributed by atoms with Gasteiger partial charge in [-0.1, -0.05) is 13.8 Å². The molecule has 1 fully saturated rings. The van der Waals surface area contributed by atoms with Gasteiger partial charge in [0.25, 0.3) is 0 Å². The zero-order valence-corrected chi connectivity index (χ0v) is 11.8. The van der Waals surface area contributed by atoms with Crippen LogP contribution in [0.1, 0.15) is 30.6 Å². The number of nitrogens with zero attached hydrogens (tertiary/aromatic N) is 2. The normalized spacial score (nSPS) is 30.3. The van der Waals surface area contributed by atoms with Crippen LogP contribution in [0.3, 0.4) is 0 Å². The molecule has 0 bridgehead atoms. The molecule has 1 saturated heterocycles. The number of aromatic nitrogens is 2. The second-order valence-corrected chi connectivity index (χ2v) is 7.17. The van der Waals surface area contributed by atoms with Gasteiger partial charge in [-0.05, 0) is 6.07 Å². The maximum atomic E-state index is 5.79. The molecule has 0 amide bonds. The summed E-state index contributed by atoms with van der Waals surface area (Å²) in [5, 5.41) is 1.80. The molecular formula is C11H15ClN2S2. The highest BCUT2D eigenvalue weighted by Gasteiger charge is 2.28. The van der Waals surface area contributed by atoms with Crippen molar-refractivity contribution in [1.82, 2.24) is 9.97 Å².